The van der Waals surface area contributed by atoms with Gasteiger partial charge < -0.3 is 5.11 Å². The highest BCUT2D eigenvalue weighted by Crippen LogP contribution is 2.22. The minimum atomic E-state index is 0.0596. The van der Waals surface area contributed by atoms with Gasteiger partial charge in [0, 0.05) is 17.5 Å². The van der Waals surface area contributed by atoms with Crippen LogP contribution in [0.2, 0.25) is 0 Å². The maximum Gasteiger partial charge on any atom is 0.0687 e. The molecule has 1 aromatic heterocycles. The van der Waals surface area contributed by atoms with E-state index in [0.717, 1.165) is 22.4 Å². The van der Waals surface area contributed by atoms with Crippen LogP contribution in [0, 0.1) is 6.92 Å². The monoisotopic (exact) mass is 199 g/mol. The molecule has 0 fully saturated rings. The van der Waals surface area contributed by atoms with Crippen molar-refractivity contribution in [2.45, 2.75) is 13.5 Å². The standard InChI is InChI=1S/C13H13NO/c1-10-6-7-11(8-14-10)13-5-3-2-4-12(13)9-15/h2-8,15H,9H2,1H3. The smallest absolute Gasteiger partial charge is 0.0687 e. The van der Waals surface area contributed by atoms with Gasteiger partial charge in [0.1, 0.15) is 0 Å². The van der Waals surface area contributed by atoms with E-state index in [-0.39, 0.29) is 6.61 Å². The lowest BCUT2D eigenvalue weighted by Gasteiger charge is -2.06. The molecule has 0 atom stereocenters. The molecule has 76 valence electrons. The van der Waals surface area contributed by atoms with Crippen LogP contribution in [-0.4, -0.2) is 10.1 Å². The molecule has 0 unspecified atom stereocenters. The number of aliphatic hydroxyl groups excluding tert-OH is 1. The summed E-state index contributed by atoms with van der Waals surface area (Å²) in [6.07, 6.45) is 1.84. The highest BCUT2D eigenvalue weighted by molar-refractivity contribution is 5.66. The molecule has 0 amide bonds. The molecule has 2 heteroatoms. The van der Waals surface area contributed by atoms with Crippen molar-refractivity contribution in [3.05, 3.63) is 53.9 Å². The van der Waals surface area contributed by atoms with E-state index < -0.39 is 0 Å². The van der Waals surface area contributed by atoms with E-state index in [1.54, 1.807) is 0 Å². The fraction of sp³-hybridized carbons (Fsp3) is 0.154. The Morgan fingerprint density at radius 1 is 1.13 bits per heavy atom. The number of pyridine rings is 1. The maximum absolute atomic E-state index is 9.21. The fourth-order valence-corrected chi connectivity index (χ4v) is 1.57. The minimum absolute atomic E-state index is 0.0596. The van der Waals surface area contributed by atoms with Gasteiger partial charge in [0.15, 0.2) is 0 Å². The zero-order valence-electron chi connectivity index (χ0n) is 8.64. The first-order valence-electron chi connectivity index (χ1n) is 4.93. The first-order chi connectivity index (χ1) is 7.31. The maximum atomic E-state index is 9.21. The predicted octanol–water partition coefficient (Wildman–Crippen LogP) is 2.55. The highest BCUT2D eigenvalue weighted by atomic mass is 16.3. The van der Waals surface area contributed by atoms with Crippen LogP contribution in [0.4, 0.5) is 0 Å². The van der Waals surface area contributed by atoms with Gasteiger partial charge in [-0.1, -0.05) is 30.3 Å². The van der Waals surface area contributed by atoms with Crippen LogP contribution in [0.3, 0.4) is 0 Å². The Kier molecular flexibility index (Phi) is 2.79. The van der Waals surface area contributed by atoms with Crippen molar-refractivity contribution < 1.29 is 5.11 Å². The third-order valence-electron chi connectivity index (χ3n) is 2.41. The molecule has 2 aromatic rings. The van der Waals surface area contributed by atoms with E-state index in [4.69, 9.17) is 0 Å². The normalized spacial score (nSPS) is 10.3. The number of rotatable bonds is 2. The summed E-state index contributed by atoms with van der Waals surface area (Å²) < 4.78 is 0. The number of hydrogen-bond donors (Lipinski definition) is 1. The molecule has 1 N–H and O–H groups in total. The zero-order valence-corrected chi connectivity index (χ0v) is 8.64. The van der Waals surface area contributed by atoms with E-state index >= 15 is 0 Å². The van der Waals surface area contributed by atoms with Crippen LogP contribution >= 0.6 is 0 Å². The van der Waals surface area contributed by atoms with Crippen LogP contribution in [0.5, 0.6) is 0 Å². The van der Waals surface area contributed by atoms with Crippen LogP contribution in [0.15, 0.2) is 42.6 Å². The fourth-order valence-electron chi connectivity index (χ4n) is 1.57. The summed E-state index contributed by atoms with van der Waals surface area (Å²) in [7, 11) is 0. The van der Waals surface area contributed by atoms with E-state index in [1.807, 2.05) is 49.5 Å². The summed E-state index contributed by atoms with van der Waals surface area (Å²) >= 11 is 0. The Hall–Kier alpha value is -1.67. The summed E-state index contributed by atoms with van der Waals surface area (Å²) in [6.45, 7) is 2.02. The van der Waals surface area contributed by atoms with E-state index in [0.29, 0.717) is 0 Å². The Bertz CT molecular complexity index is 448. The lowest BCUT2D eigenvalue weighted by molar-refractivity contribution is 0.282. The molecular weight excluding hydrogens is 186 g/mol. The molecule has 0 saturated heterocycles. The number of nitrogens with zero attached hydrogens (tertiary/aromatic N) is 1. The second-order valence-electron chi connectivity index (χ2n) is 3.50. The van der Waals surface area contributed by atoms with Gasteiger partial charge in [-0.05, 0) is 24.1 Å². The van der Waals surface area contributed by atoms with Crippen LogP contribution < -0.4 is 0 Å². The van der Waals surface area contributed by atoms with Crippen molar-refractivity contribution in [3.63, 3.8) is 0 Å². The van der Waals surface area contributed by atoms with Gasteiger partial charge >= 0.3 is 0 Å². The Balaban J connectivity index is 2.49. The topological polar surface area (TPSA) is 33.1 Å². The van der Waals surface area contributed by atoms with Gasteiger partial charge in [0.25, 0.3) is 0 Å². The van der Waals surface area contributed by atoms with Gasteiger partial charge in [-0.15, -0.1) is 0 Å². The summed E-state index contributed by atoms with van der Waals surface area (Å²) in [5, 5.41) is 9.21. The Morgan fingerprint density at radius 3 is 2.60 bits per heavy atom. The summed E-state index contributed by atoms with van der Waals surface area (Å²) in [5.41, 5.74) is 4.03. The largest absolute Gasteiger partial charge is 0.392 e. The average Bonchev–Trinajstić information content (AvgIpc) is 2.30. The second-order valence-corrected chi connectivity index (χ2v) is 3.50. The van der Waals surface area contributed by atoms with Gasteiger partial charge in [0.2, 0.25) is 0 Å². The van der Waals surface area contributed by atoms with Crippen LogP contribution in [0.25, 0.3) is 11.1 Å². The van der Waals surface area contributed by atoms with E-state index in [2.05, 4.69) is 4.98 Å². The van der Waals surface area contributed by atoms with Crippen LogP contribution in [0.1, 0.15) is 11.3 Å². The molecule has 2 nitrogen and oxygen atoms in total. The number of aryl methyl sites for hydroxylation is 1. The molecule has 1 heterocycles. The quantitative estimate of drug-likeness (QED) is 0.806. The average molecular weight is 199 g/mol. The lowest BCUT2D eigenvalue weighted by atomic mass is 10.0. The summed E-state index contributed by atoms with van der Waals surface area (Å²) in [5.74, 6) is 0. The van der Waals surface area contributed by atoms with Crippen molar-refractivity contribution in [3.8, 4) is 11.1 Å². The third kappa shape index (κ3) is 2.05. The molecule has 15 heavy (non-hydrogen) atoms. The highest BCUT2D eigenvalue weighted by Gasteiger charge is 2.02. The van der Waals surface area contributed by atoms with Crippen molar-refractivity contribution >= 4 is 0 Å². The molecule has 0 aliphatic heterocycles. The summed E-state index contributed by atoms with van der Waals surface area (Å²) in [4.78, 5) is 4.25. The van der Waals surface area contributed by atoms with E-state index in [1.165, 1.54) is 0 Å². The Morgan fingerprint density at radius 2 is 1.93 bits per heavy atom. The SMILES string of the molecule is Cc1ccc(-c2ccccc2CO)cn1. The van der Waals surface area contributed by atoms with Gasteiger partial charge in [-0.2, -0.15) is 0 Å². The van der Waals surface area contributed by atoms with E-state index in [9.17, 15) is 5.11 Å². The van der Waals surface area contributed by atoms with Gasteiger partial charge in [0.05, 0.1) is 6.61 Å². The summed E-state index contributed by atoms with van der Waals surface area (Å²) in [6, 6.07) is 11.8. The number of hydrogen-bond acceptors (Lipinski definition) is 2. The van der Waals surface area contributed by atoms with Crippen LogP contribution in [-0.2, 0) is 6.61 Å². The molecule has 0 bridgehead atoms. The molecule has 2 rings (SSSR count). The van der Waals surface area contributed by atoms with Gasteiger partial charge in [-0.25, -0.2) is 0 Å². The molecular formula is C13H13NO. The third-order valence-corrected chi connectivity index (χ3v) is 2.41. The molecule has 0 aliphatic rings. The molecule has 1 aromatic carbocycles. The van der Waals surface area contributed by atoms with Gasteiger partial charge in [-0.3, -0.25) is 4.98 Å². The molecule has 0 spiro atoms. The Labute approximate surface area is 89.2 Å². The van der Waals surface area contributed by atoms with Crippen molar-refractivity contribution in [1.82, 2.24) is 4.98 Å². The van der Waals surface area contributed by atoms with Crippen molar-refractivity contribution in [2.24, 2.45) is 0 Å². The number of benzene rings is 1. The van der Waals surface area contributed by atoms with Crippen molar-refractivity contribution in [1.29, 1.82) is 0 Å². The zero-order chi connectivity index (χ0) is 10.7. The number of aliphatic hydroxyl groups is 1. The second kappa shape index (κ2) is 4.24. The molecule has 0 radical (unpaired) electrons. The molecule has 0 saturated carbocycles. The predicted molar refractivity (Wildman–Crippen MR) is 60.3 cm³/mol. The minimum Gasteiger partial charge on any atom is -0.392 e. The lowest BCUT2D eigenvalue weighted by Crippen LogP contribution is -1.89. The number of aromatic nitrogens is 1. The first kappa shape index (κ1) is 9.87. The first-order valence-corrected chi connectivity index (χ1v) is 4.93. The van der Waals surface area contributed by atoms with Crippen molar-refractivity contribution in [2.75, 3.05) is 0 Å². The molecule has 0 aliphatic carbocycles.